The predicted molar refractivity (Wildman–Crippen MR) is 64.0 cm³/mol. The molecule has 0 spiro atoms. The van der Waals surface area contributed by atoms with E-state index in [0.29, 0.717) is 18.9 Å². The SMILES string of the molecule is COC(C)CCC(=O)NC(C)(CN)C1CC1. The van der Waals surface area contributed by atoms with Gasteiger partial charge in [-0.2, -0.15) is 0 Å². The first-order valence-electron chi connectivity index (χ1n) is 6.05. The monoisotopic (exact) mass is 228 g/mol. The second-order valence-electron chi connectivity index (χ2n) is 5.03. The van der Waals surface area contributed by atoms with Gasteiger partial charge in [0.25, 0.3) is 0 Å². The number of hydrogen-bond donors (Lipinski definition) is 2. The third-order valence-corrected chi connectivity index (χ3v) is 3.51. The van der Waals surface area contributed by atoms with Gasteiger partial charge in [-0.1, -0.05) is 0 Å². The minimum Gasteiger partial charge on any atom is -0.382 e. The lowest BCUT2D eigenvalue weighted by Gasteiger charge is -2.29. The number of methoxy groups -OCH3 is 1. The van der Waals surface area contributed by atoms with Crippen molar-refractivity contribution in [2.24, 2.45) is 11.7 Å². The van der Waals surface area contributed by atoms with Crippen LogP contribution in [0, 0.1) is 5.92 Å². The van der Waals surface area contributed by atoms with Crippen LogP contribution in [0.5, 0.6) is 0 Å². The van der Waals surface area contributed by atoms with Gasteiger partial charge in [0.05, 0.1) is 11.6 Å². The molecular weight excluding hydrogens is 204 g/mol. The number of nitrogens with two attached hydrogens (primary N) is 1. The van der Waals surface area contributed by atoms with E-state index < -0.39 is 0 Å². The average molecular weight is 228 g/mol. The Morgan fingerprint density at radius 1 is 1.62 bits per heavy atom. The Bertz CT molecular complexity index is 241. The van der Waals surface area contributed by atoms with Gasteiger partial charge < -0.3 is 15.8 Å². The molecule has 1 rings (SSSR count). The van der Waals surface area contributed by atoms with Crippen LogP contribution in [0.3, 0.4) is 0 Å². The fourth-order valence-corrected chi connectivity index (χ4v) is 1.87. The van der Waals surface area contributed by atoms with Gasteiger partial charge >= 0.3 is 0 Å². The fraction of sp³-hybridized carbons (Fsp3) is 0.917. The third-order valence-electron chi connectivity index (χ3n) is 3.51. The van der Waals surface area contributed by atoms with E-state index in [1.165, 1.54) is 12.8 Å². The van der Waals surface area contributed by atoms with Gasteiger partial charge in [0.1, 0.15) is 0 Å². The van der Waals surface area contributed by atoms with Crippen LogP contribution in [-0.2, 0) is 9.53 Å². The molecule has 0 radical (unpaired) electrons. The average Bonchev–Trinajstić information content (AvgIpc) is 3.09. The molecule has 1 fully saturated rings. The molecule has 1 amide bonds. The Morgan fingerprint density at radius 3 is 2.69 bits per heavy atom. The molecule has 0 aromatic rings. The molecule has 1 aliphatic carbocycles. The van der Waals surface area contributed by atoms with Gasteiger partial charge in [-0.25, -0.2) is 0 Å². The van der Waals surface area contributed by atoms with Gasteiger partial charge in [-0.15, -0.1) is 0 Å². The highest BCUT2D eigenvalue weighted by Gasteiger charge is 2.41. The summed E-state index contributed by atoms with van der Waals surface area (Å²) in [6.45, 7) is 4.53. The maximum atomic E-state index is 11.7. The number of nitrogens with one attached hydrogen (secondary N) is 1. The Balaban J connectivity index is 2.32. The fourth-order valence-electron chi connectivity index (χ4n) is 1.87. The van der Waals surface area contributed by atoms with Gasteiger partial charge in [-0.3, -0.25) is 4.79 Å². The molecule has 2 unspecified atom stereocenters. The summed E-state index contributed by atoms with van der Waals surface area (Å²) < 4.78 is 5.11. The van der Waals surface area contributed by atoms with Crippen LogP contribution >= 0.6 is 0 Å². The molecule has 1 aliphatic rings. The Morgan fingerprint density at radius 2 is 2.25 bits per heavy atom. The number of carbonyl (C=O) groups is 1. The van der Waals surface area contributed by atoms with E-state index in [4.69, 9.17) is 10.5 Å². The molecule has 0 aliphatic heterocycles. The van der Waals surface area contributed by atoms with Crippen LogP contribution in [0.1, 0.15) is 39.5 Å². The van der Waals surface area contributed by atoms with E-state index in [9.17, 15) is 4.79 Å². The van der Waals surface area contributed by atoms with Crippen LogP contribution < -0.4 is 11.1 Å². The van der Waals surface area contributed by atoms with E-state index in [1.807, 2.05) is 13.8 Å². The molecule has 0 heterocycles. The van der Waals surface area contributed by atoms with Gasteiger partial charge in [-0.05, 0) is 39.0 Å². The maximum Gasteiger partial charge on any atom is 0.220 e. The lowest BCUT2D eigenvalue weighted by molar-refractivity contribution is -0.123. The first-order chi connectivity index (χ1) is 7.51. The van der Waals surface area contributed by atoms with Gasteiger partial charge in [0.2, 0.25) is 5.91 Å². The number of ether oxygens (including phenoxy) is 1. The van der Waals surface area contributed by atoms with Gasteiger partial charge in [0, 0.05) is 20.1 Å². The van der Waals surface area contributed by atoms with Crippen LogP contribution in [0.25, 0.3) is 0 Å². The summed E-state index contributed by atoms with van der Waals surface area (Å²) >= 11 is 0. The summed E-state index contributed by atoms with van der Waals surface area (Å²) in [5.74, 6) is 0.657. The topological polar surface area (TPSA) is 64.3 Å². The molecule has 0 aromatic carbocycles. The van der Waals surface area contributed by atoms with Crippen LogP contribution in [0.2, 0.25) is 0 Å². The van der Waals surface area contributed by atoms with Crippen molar-refractivity contribution in [2.45, 2.75) is 51.2 Å². The smallest absolute Gasteiger partial charge is 0.220 e. The Kier molecular flexibility index (Phi) is 4.74. The molecule has 0 saturated heterocycles. The molecule has 1 saturated carbocycles. The van der Waals surface area contributed by atoms with Crippen molar-refractivity contribution in [1.29, 1.82) is 0 Å². The first-order valence-corrected chi connectivity index (χ1v) is 6.05. The van der Waals surface area contributed by atoms with Crippen molar-refractivity contribution >= 4 is 5.91 Å². The highest BCUT2D eigenvalue weighted by atomic mass is 16.5. The van der Waals surface area contributed by atoms with Crippen molar-refractivity contribution < 1.29 is 9.53 Å². The molecule has 0 aromatic heterocycles. The third kappa shape index (κ3) is 3.76. The molecule has 3 N–H and O–H groups in total. The predicted octanol–water partition coefficient (Wildman–Crippen LogP) is 1.05. The van der Waals surface area contributed by atoms with E-state index in [-0.39, 0.29) is 17.6 Å². The van der Waals surface area contributed by atoms with E-state index in [0.717, 1.165) is 6.42 Å². The van der Waals surface area contributed by atoms with Crippen molar-refractivity contribution in [3.63, 3.8) is 0 Å². The maximum absolute atomic E-state index is 11.7. The summed E-state index contributed by atoms with van der Waals surface area (Å²) in [7, 11) is 1.66. The van der Waals surface area contributed by atoms with E-state index in [1.54, 1.807) is 7.11 Å². The van der Waals surface area contributed by atoms with Crippen LogP contribution in [-0.4, -0.2) is 31.2 Å². The Hall–Kier alpha value is -0.610. The summed E-state index contributed by atoms with van der Waals surface area (Å²) in [6.07, 6.45) is 3.77. The number of rotatable bonds is 7. The molecule has 0 bridgehead atoms. The molecule has 16 heavy (non-hydrogen) atoms. The van der Waals surface area contributed by atoms with Crippen molar-refractivity contribution in [3.05, 3.63) is 0 Å². The standard InChI is InChI=1S/C12H24N2O2/c1-9(16-3)4-7-11(15)14-12(2,8-13)10-5-6-10/h9-10H,4-8,13H2,1-3H3,(H,14,15). The number of hydrogen-bond acceptors (Lipinski definition) is 3. The quantitative estimate of drug-likeness (QED) is 0.684. The summed E-state index contributed by atoms with van der Waals surface area (Å²) in [4.78, 5) is 11.7. The molecule has 4 nitrogen and oxygen atoms in total. The second kappa shape index (κ2) is 5.64. The van der Waals surface area contributed by atoms with E-state index >= 15 is 0 Å². The highest BCUT2D eigenvalue weighted by Crippen LogP contribution is 2.38. The van der Waals surface area contributed by atoms with Crippen molar-refractivity contribution in [2.75, 3.05) is 13.7 Å². The largest absolute Gasteiger partial charge is 0.382 e. The normalized spacial score (nSPS) is 21.2. The zero-order chi connectivity index (χ0) is 12.2. The minimum absolute atomic E-state index is 0.0868. The zero-order valence-electron chi connectivity index (χ0n) is 10.6. The summed E-state index contributed by atoms with van der Waals surface area (Å²) in [5.41, 5.74) is 5.54. The highest BCUT2D eigenvalue weighted by molar-refractivity contribution is 5.76. The summed E-state index contributed by atoms with van der Waals surface area (Å²) in [6, 6.07) is 0. The lowest BCUT2D eigenvalue weighted by atomic mass is 9.95. The van der Waals surface area contributed by atoms with E-state index in [2.05, 4.69) is 5.32 Å². The minimum atomic E-state index is -0.201. The summed E-state index contributed by atoms with van der Waals surface area (Å²) in [5, 5.41) is 3.06. The molecule has 4 heteroatoms. The van der Waals surface area contributed by atoms with Crippen molar-refractivity contribution in [3.8, 4) is 0 Å². The zero-order valence-corrected chi connectivity index (χ0v) is 10.6. The Labute approximate surface area is 97.9 Å². The van der Waals surface area contributed by atoms with Gasteiger partial charge in [0.15, 0.2) is 0 Å². The van der Waals surface area contributed by atoms with Crippen LogP contribution in [0.15, 0.2) is 0 Å². The first kappa shape index (κ1) is 13.5. The second-order valence-corrected chi connectivity index (χ2v) is 5.03. The molecular formula is C12H24N2O2. The van der Waals surface area contributed by atoms with Crippen molar-refractivity contribution in [1.82, 2.24) is 5.32 Å². The lowest BCUT2D eigenvalue weighted by Crippen LogP contribution is -2.53. The molecule has 94 valence electrons. The van der Waals surface area contributed by atoms with Crippen LogP contribution in [0.4, 0.5) is 0 Å². The molecule has 2 atom stereocenters. The number of amides is 1. The number of carbonyl (C=O) groups excluding carboxylic acids is 1.